The van der Waals surface area contributed by atoms with Crippen molar-refractivity contribution in [2.24, 2.45) is 11.7 Å². The minimum atomic E-state index is 0.472. The van der Waals surface area contributed by atoms with Crippen molar-refractivity contribution in [3.05, 3.63) is 24.5 Å². The van der Waals surface area contributed by atoms with E-state index in [4.69, 9.17) is 5.73 Å². The van der Waals surface area contributed by atoms with E-state index in [1.807, 2.05) is 12.1 Å². The van der Waals surface area contributed by atoms with Crippen molar-refractivity contribution in [3.8, 4) is 0 Å². The Bertz CT molecular complexity index is 202. The van der Waals surface area contributed by atoms with Gasteiger partial charge < -0.3 is 10.3 Å². The van der Waals surface area contributed by atoms with Crippen LogP contribution >= 0.6 is 0 Å². The fourth-order valence-corrected chi connectivity index (χ4v) is 1.48. The van der Waals surface area contributed by atoms with Gasteiger partial charge in [-0.3, -0.25) is 0 Å². The molecule has 2 N–H and O–H groups in total. The molecule has 2 heteroatoms. The van der Waals surface area contributed by atoms with Crippen molar-refractivity contribution in [2.45, 2.75) is 26.3 Å². The van der Waals surface area contributed by atoms with Crippen molar-refractivity contribution < 1.29 is 0 Å². The lowest BCUT2D eigenvalue weighted by molar-refractivity contribution is 0.408. The normalized spacial score (nSPS) is 13.7. The zero-order chi connectivity index (χ0) is 8.97. The maximum absolute atomic E-state index is 5.69. The van der Waals surface area contributed by atoms with Crippen LogP contribution in [0.4, 0.5) is 0 Å². The minimum absolute atomic E-state index is 0.472. The van der Waals surface area contributed by atoms with Gasteiger partial charge in [0.2, 0.25) is 0 Å². The monoisotopic (exact) mass is 166 g/mol. The second kappa shape index (κ2) is 4.31. The molecule has 1 aromatic heterocycles. The molecule has 1 rings (SSSR count). The van der Waals surface area contributed by atoms with Gasteiger partial charge in [0, 0.05) is 25.0 Å². The topological polar surface area (TPSA) is 30.9 Å². The van der Waals surface area contributed by atoms with E-state index in [0.29, 0.717) is 12.0 Å². The number of rotatable bonds is 4. The smallest absolute Gasteiger partial charge is 0.0455 e. The molecule has 1 atom stereocenters. The Balaban J connectivity index is 2.57. The average molecular weight is 166 g/mol. The highest BCUT2D eigenvalue weighted by Gasteiger charge is 2.08. The lowest BCUT2D eigenvalue weighted by Gasteiger charge is -2.18. The van der Waals surface area contributed by atoms with E-state index in [1.54, 1.807) is 0 Å². The molecule has 0 saturated carbocycles. The summed E-state index contributed by atoms with van der Waals surface area (Å²) in [7, 11) is 0. The summed E-state index contributed by atoms with van der Waals surface area (Å²) < 4.78 is 2.19. The molecule has 0 aliphatic heterocycles. The van der Waals surface area contributed by atoms with E-state index in [0.717, 1.165) is 13.0 Å². The number of hydrogen-bond acceptors (Lipinski definition) is 1. The van der Waals surface area contributed by atoms with Crippen LogP contribution < -0.4 is 5.73 Å². The molecule has 1 heterocycles. The van der Waals surface area contributed by atoms with Gasteiger partial charge in [-0.25, -0.2) is 0 Å². The number of aromatic nitrogens is 1. The second-order valence-corrected chi connectivity index (χ2v) is 3.65. The van der Waals surface area contributed by atoms with Crippen molar-refractivity contribution in [3.63, 3.8) is 0 Å². The van der Waals surface area contributed by atoms with E-state index in [2.05, 4.69) is 30.8 Å². The molecule has 0 spiro atoms. The Hall–Kier alpha value is -0.760. The molecule has 2 nitrogen and oxygen atoms in total. The zero-order valence-corrected chi connectivity index (χ0v) is 7.90. The molecule has 0 aliphatic rings. The number of hydrogen-bond donors (Lipinski definition) is 1. The summed E-state index contributed by atoms with van der Waals surface area (Å²) >= 11 is 0. The Morgan fingerprint density at radius 1 is 1.25 bits per heavy atom. The molecular weight excluding hydrogens is 148 g/mol. The number of nitrogens with zero attached hydrogens (tertiary/aromatic N) is 1. The van der Waals surface area contributed by atoms with Gasteiger partial charge in [0.15, 0.2) is 0 Å². The first-order valence-corrected chi connectivity index (χ1v) is 4.56. The molecule has 0 aromatic carbocycles. The summed E-state index contributed by atoms with van der Waals surface area (Å²) in [5.41, 5.74) is 5.69. The second-order valence-electron chi connectivity index (χ2n) is 3.65. The van der Waals surface area contributed by atoms with Crippen molar-refractivity contribution in [1.29, 1.82) is 0 Å². The third-order valence-corrected chi connectivity index (χ3v) is 2.06. The summed E-state index contributed by atoms with van der Waals surface area (Å²) in [5.74, 6) is 0.709. The van der Waals surface area contributed by atoms with Crippen LogP contribution in [-0.2, 0) is 0 Å². The van der Waals surface area contributed by atoms with Crippen LogP contribution in [0.2, 0.25) is 0 Å². The SMILES string of the molecule is CC(C)CC(CN)n1cccc1. The fourth-order valence-electron chi connectivity index (χ4n) is 1.48. The van der Waals surface area contributed by atoms with Gasteiger partial charge in [0.05, 0.1) is 0 Å². The van der Waals surface area contributed by atoms with E-state index >= 15 is 0 Å². The summed E-state index contributed by atoms with van der Waals surface area (Å²) in [4.78, 5) is 0. The van der Waals surface area contributed by atoms with E-state index in [-0.39, 0.29) is 0 Å². The first-order valence-electron chi connectivity index (χ1n) is 4.56. The molecule has 0 radical (unpaired) electrons. The van der Waals surface area contributed by atoms with Crippen molar-refractivity contribution >= 4 is 0 Å². The van der Waals surface area contributed by atoms with Crippen LogP contribution in [0, 0.1) is 5.92 Å². The summed E-state index contributed by atoms with van der Waals surface area (Å²) in [6.07, 6.45) is 5.32. The van der Waals surface area contributed by atoms with E-state index in [9.17, 15) is 0 Å². The average Bonchev–Trinajstić information content (AvgIpc) is 2.51. The Labute approximate surface area is 74.4 Å². The van der Waals surface area contributed by atoms with Gasteiger partial charge in [0.25, 0.3) is 0 Å². The molecule has 68 valence electrons. The van der Waals surface area contributed by atoms with Gasteiger partial charge in [-0.15, -0.1) is 0 Å². The summed E-state index contributed by atoms with van der Waals surface area (Å²) in [5, 5.41) is 0. The van der Waals surface area contributed by atoms with Crippen LogP contribution in [0.1, 0.15) is 26.3 Å². The molecule has 1 unspecified atom stereocenters. The highest BCUT2D eigenvalue weighted by Crippen LogP contribution is 2.15. The van der Waals surface area contributed by atoms with Crippen LogP contribution in [-0.4, -0.2) is 11.1 Å². The molecular formula is C10H18N2. The van der Waals surface area contributed by atoms with Gasteiger partial charge in [-0.2, -0.15) is 0 Å². The van der Waals surface area contributed by atoms with Crippen molar-refractivity contribution in [2.75, 3.05) is 6.54 Å². The van der Waals surface area contributed by atoms with Crippen LogP contribution in [0.15, 0.2) is 24.5 Å². The largest absolute Gasteiger partial charge is 0.350 e. The predicted molar refractivity (Wildman–Crippen MR) is 52.0 cm³/mol. The molecule has 12 heavy (non-hydrogen) atoms. The predicted octanol–water partition coefficient (Wildman–Crippen LogP) is 2.03. The lowest BCUT2D eigenvalue weighted by atomic mass is 10.0. The quantitative estimate of drug-likeness (QED) is 0.729. The molecule has 0 fully saturated rings. The molecule has 0 amide bonds. The molecule has 1 aromatic rings. The highest BCUT2D eigenvalue weighted by molar-refractivity contribution is 4.93. The third-order valence-electron chi connectivity index (χ3n) is 2.06. The fraction of sp³-hybridized carbons (Fsp3) is 0.600. The van der Waals surface area contributed by atoms with Crippen LogP contribution in [0.3, 0.4) is 0 Å². The standard InChI is InChI=1S/C10H18N2/c1-9(2)7-10(8-11)12-5-3-4-6-12/h3-6,9-10H,7-8,11H2,1-2H3. The van der Waals surface area contributed by atoms with Gasteiger partial charge in [-0.1, -0.05) is 13.8 Å². The third kappa shape index (κ3) is 2.38. The maximum Gasteiger partial charge on any atom is 0.0455 e. The Morgan fingerprint density at radius 3 is 2.25 bits per heavy atom. The van der Waals surface area contributed by atoms with Crippen LogP contribution in [0.25, 0.3) is 0 Å². The number of nitrogens with two attached hydrogens (primary N) is 1. The summed E-state index contributed by atoms with van der Waals surface area (Å²) in [6, 6.07) is 4.56. The van der Waals surface area contributed by atoms with Gasteiger partial charge in [-0.05, 0) is 24.5 Å². The Morgan fingerprint density at radius 2 is 1.83 bits per heavy atom. The minimum Gasteiger partial charge on any atom is -0.350 e. The van der Waals surface area contributed by atoms with Crippen LogP contribution in [0.5, 0.6) is 0 Å². The first kappa shape index (κ1) is 9.33. The van der Waals surface area contributed by atoms with E-state index < -0.39 is 0 Å². The summed E-state index contributed by atoms with van der Waals surface area (Å²) in [6.45, 7) is 5.19. The maximum atomic E-state index is 5.69. The zero-order valence-electron chi connectivity index (χ0n) is 7.90. The lowest BCUT2D eigenvalue weighted by Crippen LogP contribution is -2.19. The van der Waals surface area contributed by atoms with E-state index in [1.165, 1.54) is 0 Å². The first-order chi connectivity index (χ1) is 5.74. The molecule has 0 bridgehead atoms. The Kier molecular flexibility index (Phi) is 3.35. The van der Waals surface area contributed by atoms with Gasteiger partial charge >= 0.3 is 0 Å². The molecule has 0 saturated heterocycles. The highest BCUT2D eigenvalue weighted by atomic mass is 15.0. The molecule has 0 aliphatic carbocycles. The van der Waals surface area contributed by atoms with Crippen molar-refractivity contribution in [1.82, 2.24) is 4.57 Å². The van der Waals surface area contributed by atoms with Gasteiger partial charge in [0.1, 0.15) is 0 Å².